The molecule has 1 aliphatic carbocycles. The molecule has 11 nitrogen and oxygen atoms in total. The molecule has 0 saturated heterocycles. The van der Waals surface area contributed by atoms with Crippen molar-refractivity contribution in [3.05, 3.63) is 23.4 Å². The molecule has 2 aromatic heterocycles. The Morgan fingerprint density at radius 1 is 1.22 bits per heavy atom. The monoisotopic (exact) mass is 438 g/mol. The average molecular weight is 438 g/mol. The van der Waals surface area contributed by atoms with E-state index in [0.29, 0.717) is 28.6 Å². The van der Waals surface area contributed by atoms with Gasteiger partial charge >= 0.3 is 0 Å². The summed E-state index contributed by atoms with van der Waals surface area (Å²) in [5, 5.41) is 27.9. The third kappa shape index (κ3) is 5.62. The van der Waals surface area contributed by atoms with Crippen LogP contribution in [0.15, 0.2) is 17.8 Å². The number of nitrogens with zero attached hydrogens (tertiary/aromatic N) is 3. The maximum Gasteiger partial charge on any atom is 0.270 e. The Morgan fingerprint density at radius 3 is 2.56 bits per heavy atom. The van der Waals surface area contributed by atoms with Crippen LogP contribution in [0.5, 0.6) is 0 Å². The molecule has 1 saturated carbocycles. The normalized spacial score (nSPS) is 13.5. The van der Waals surface area contributed by atoms with Gasteiger partial charge < -0.3 is 16.0 Å². The summed E-state index contributed by atoms with van der Waals surface area (Å²) in [4.78, 5) is 40.5. The van der Waals surface area contributed by atoms with Gasteiger partial charge in [-0.3, -0.25) is 25.1 Å². The Hall–Kier alpha value is -3.89. The van der Waals surface area contributed by atoms with Crippen LogP contribution in [-0.2, 0) is 14.4 Å². The molecule has 5 N–H and O–H groups in total. The zero-order valence-corrected chi connectivity index (χ0v) is 18.2. The van der Waals surface area contributed by atoms with Crippen LogP contribution in [0.25, 0.3) is 11.7 Å². The second-order valence-electron chi connectivity index (χ2n) is 7.73. The molecule has 11 heteroatoms. The molecule has 2 aromatic rings. The van der Waals surface area contributed by atoms with E-state index >= 15 is 0 Å². The minimum Gasteiger partial charge on any atom is -0.367 e. The third-order valence-corrected chi connectivity index (χ3v) is 4.69. The smallest absolute Gasteiger partial charge is 0.270 e. The van der Waals surface area contributed by atoms with Gasteiger partial charge in [0.25, 0.3) is 11.8 Å². The van der Waals surface area contributed by atoms with Crippen LogP contribution < -0.4 is 16.0 Å². The van der Waals surface area contributed by atoms with Crippen molar-refractivity contribution in [3.63, 3.8) is 0 Å². The predicted molar refractivity (Wildman–Crippen MR) is 121 cm³/mol. The first-order chi connectivity index (χ1) is 15.2. The van der Waals surface area contributed by atoms with Gasteiger partial charge in [-0.15, -0.1) is 0 Å². The summed E-state index contributed by atoms with van der Waals surface area (Å²) < 4.78 is 1.58. The summed E-state index contributed by atoms with van der Waals surface area (Å²) in [5.41, 5.74) is 1.20. The molecule has 168 valence electrons. The fourth-order valence-corrected chi connectivity index (χ4v) is 2.83. The predicted octanol–water partition coefficient (Wildman–Crippen LogP) is 2.15. The maximum absolute atomic E-state index is 12.3. The van der Waals surface area contributed by atoms with Gasteiger partial charge in [0.1, 0.15) is 17.3 Å². The number of hydrogen-bond acceptors (Lipinski definition) is 8. The largest absolute Gasteiger partial charge is 0.367 e. The zero-order valence-electron chi connectivity index (χ0n) is 18.2. The van der Waals surface area contributed by atoms with Crippen molar-refractivity contribution in [2.24, 2.45) is 0 Å². The summed E-state index contributed by atoms with van der Waals surface area (Å²) in [5.74, 6) is -0.685. The molecule has 32 heavy (non-hydrogen) atoms. The number of hydrogen-bond donors (Lipinski definition) is 5. The summed E-state index contributed by atoms with van der Waals surface area (Å²) in [6, 6.07) is 1.94. The molecule has 1 aliphatic rings. The lowest BCUT2D eigenvalue weighted by Gasteiger charge is -2.11. The second-order valence-corrected chi connectivity index (χ2v) is 7.73. The van der Waals surface area contributed by atoms with Crippen LogP contribution in [0.3, 0.4) is 0 Å². The van der Waals surface area contributed by atoms with E-state index in [2.05, 4.69) is 26.0 Å². The van der Waals surface area contributed by atoms with Gasteiger partial charge in [0.2, 0.25) is 5.91 Å². The Bertz CT molecular complexity index is 1140. The third-order valence-electron chi connectivity index (χ3n) is 4.69. The SMILES string of the molecule is CCC(=O)NC(=O)/C(C)=C/c1cnn2c(NC3CC3)cc(NC(=O)C(=N)CC(C)=N)nc12. The van der Waals surface area contributed by atoms with Gasteiger partial charge in [-0.25, -0.2) is 4.98 Å². The minimum absolute atomic E-state index is 0.0489. The van der Waals surface area contributed by atoms with Crippen LogP contribution in [-0.4, -0.2) is 49.8 Å². The van der Waals surface area contributed by atoms with Crippen molar-refractivity contribution < 1.29 is 14.4 Å². The summed E-state index contributed by atoms with van der Waals surface area (Å²) >= 11 is 0. The Morgan fingerprint density at radius 2 is 1.94 bits per heavy atom. The summed E-state index contributed by atoms with van der Waals surface area (Å²) in [6.45, 7) is 4.77. The fraction of sp³-hybridized carbons (Fsp3) is 0.381. The van der Waals surface area contributed by atoms with E-state index in [1.165, 1.54) is 6.92 Å². The molecule has 0 aliphatic heterocycles. The summed E-state index contributed by atoms with van der Waals surface area (Å²) in [7, 11) is 0. The molecule has 1 fully saturated rings. The number of nitrogens with one attached hydrogen (secondary N) is 5. The van der Waals surface area contributed by atoms with Crippen molar-refractivity contribution in [2.75, 3.05) is 10.6 Å². The number of carbonyl (C=O) groups excluding carboxylic acids is 3. The average Bonchev–Trinajstić information content (AvgIpc) is 3.46. The van der Waals surface area contributed by atoms with Crippen molar-refractivity contribution in [3.8, 4) is 0 Å². The van der Waals surface area contributed by atoms with Gasteiger partial charge in [0.05, 0.1) is 6.20 Å². The van der Waals surface area contributed by atoms with Gasteiger partial charge in [-0.2, -0.15) is 9.61 Å². The number of anilines is 2. The van der Waals surface area contributed by atoms with Gasteiger partial charge in [0.15, 0.2) is 5.65 Å². The van der Waals surface area contributed by atoms with Gasteiger partial charge in [-0.05, 0) is 32.8 Å². The molecule has 3 amide bonds. The fourth-order valence-electron chi connectivity index (χ4n) is 2.83. The van der Waals surface area contributed by atoms with E-state index in [9.17, 15) is 14.4 Å². The number of carbonyl (C=O) groups is 3. The van der Waals surface area contributed by atoms with Crippen molar-refractivity contribution >= 4 is 52.5 Å². The Balaban J connectivity index is 1.94. The molecule has 0 unspecified atom stereocenters. The molecular weight excluding hydrogens is 412 g/mol. The quantitative estimate of drug-likeness (QED) is 0.297. The number of rotatable bonds is 9. The number of fused-ring (bicyclic) bond motifs is 1. The number of amides is 3. The molecule has 2 heterocycles. The highest BCUT2D eigenvalue weighted by atomic mass is 16.2. The van der Waals surface area contributed by atoms with Crippen LogP contribution in [0.4, 0.5) is 11.6 Å². The van der Waals surface area contributed by atoms with E-state index in [0.717, 1.165) is 12.8 Å². The Labute approximate surface area is 184 Å². The lowest BCUT2D eigenvalue weighted by atomic mass is 10.2. The number of aromatic nitrogens is 3. The van der Waals surface area contributed by atoms with Crippen LogP contribution in [0, 0.1) is 10.8 Å². The lowest BCUT2D eigenvalue weighted by molar-refractivity contribution is -0.128. The molecule has 0 aromatic carbocycles. The maximum atomic E-state index is 12.3. The second kappa shape index (κ2) is 9.50. The van der Waals surface area contributed by atoms with E-state index in [4.69, 9.17) is 10.8 Å². The first kappa shape index (κ1) is 22.8. The van der Waals surface area contributed by atoms with Crippen LogP contribution in [0.1, 0.15) is 52.0 Å². The van der Waals surface area contributed by atoms with Crippen LogP contribution in [0.2, 0.25) is 0 Å². The molecular formula is C21H26N8O3. The molecule has 3 rings (SSSR count). The van der Waals surface area contributed by atoms with Crippen LogP contribution >= 0.6 is 0 Å². The van der Waals surface area contributed by atoms with E-state index in [1.54, 1.807) is 36.7 Å². The Kier molecular flexibility index (Phi) is 6.76. The molecule has 0 spiro atoms. The van der Waals surface area contributed by atoms with Crippen molar-refractivity contribution in [1.82, 2.24) is 19.9 Å². The van der Waals surface area contributed by atoms with Crippen molar-refractivity contribution in [2.45, 2.75) is 52.5 Å². The van der Waals surface area contributed by atoms with E-state index in [-0.39, 0.29) is 36.0 Å². The highest BCUT2D eigenvalue weighted by molar-refractivity contribution is 6.44. The highest BCUT2D eigenvalue weighted by Crippen LogP contribution is 2.27. The molecule has 0 radical (unpaired) electrons. The van der Waals surface area contributed by atoms with Gasteiger partial charge in [-0.1, -0.05) is 6.92 Å². The highest BCUT2D eigenvalue weighted by Gasteiger charge is 2.23. The first-order valence-corrected chi connectivity index (χ1v) is 10.3. The lowest BCUT2D eigenvalue weighted by Crippen LogP contribution is -2.30. The molecule has 0 bridgehead atoms. The van der Waals surface area contributed by atoms with Gasteiger partial charge in [0, 0.05) is 41.8 Å². The molecule has 0 atom stereocenters. The number of imide groups is 1. The summed E-state index contributed by atoms with van der Waals surface area (Å²) in [6.07, 6.45) is 5.31. The zero-order chi connectivity index (χ0) is 23.4. The standard InChI is InChI=1S/C21H26N8O3/c1-4-18(30)28-20(31)11(2)7-13-10-24-29-17(25-14-5-6-14)9-16(26-19(13)29)27-21(32)15(23)8-12(3)22/h7,9-10,14,22-23,25H,4-6,8H2,1-3H3,(H,26,27,32)(H,28,30,31)/b11-7+,22-12?,23-15?. The first-order valence-electron chi connectivity index (χ1n) is 10.3. The van der Waals surface area contributed by atoms with Crippen molar-refractivity contribution in [1.29, 1.82) is 10.8 Å². The van der Waals surface area contributed by atoms with E-state index < -0.39 is 11.8 Å². The topological polar surface area (TPSA) is 165 Å². The van der Waals surface area contributed by atoms with E-state index in [1.807, 2.05) is 0 Å². The minimum atomic E-state index is -0.643.